The van der Waals surface area contributed by atoms with Gasteiger partial charge in [0.15, 0.2) is 12.1 Å². The van der Waals surface area contributed by atoms with Gasteiger partial charge in [-0.15, -0.1) is 0 Å². The van der Waals surface area contributed by atoms with E-state index in [-0.39, 0.29) is 36.2 Å². The van der Waals surface area contributed by atoms with Crippen LogP contribution in [0.25, 0.3) is 0 Å². The highest BCUT2D eigenvalue weighted by Gasteiger charge is 2.31. The number of carbonyl (C=O) groups excluding carboxylic acids is 2. The maximum Gasteiger partial charge on any atom is 0.362 e. The summed E-state index contributed by atoms with van der Waals surface area (Å²) in [5.74, 6) is -1.48. The molecule has 0 aliphatic rings. The molecule has 0 aromatic heterocycles. The van der Waals surface area contributed by atoms with Crippen molar-refractivity contribution in [2.45, 2.75) is 180 Å². The quantitative estimate of drug-likeness (QED) is 0.0305. The van der Waals surface area contributed by atoms with Gasteiger partial charge in [-0.2, -0.15) is 0 Å². The number of carboxylic acids is 1. The Hall–Kier alpha value is -2.19. The molecule has 0 aliphatic carbocycles. The molecule has 0 amide bonds. The molecule has 8 nitrogen and oxygen atoms in total. The zero-order chi connectivity index (χ0) is 36.4. The van der Waals surface area contributed by atoms with Gasteiger partial charge >= 0.3 is 17.9 Å². The molecule has 0 saturated heterocycles. The number of rotatable bonds is 35. The lowest BCUT2D eigenvalue weighted by Gasteiger charge is -2.31. The molecule has 0 aromatic carbocycles. The molecule has 1 N–H and O–H groups in total. The third-order valence-electron chi connectivity index (χ3n) is 8.85. The topological polar surface area (TPSA) is 99.1 Å². The number of carboxylic acid groups (broad SMARTS) is 1. The molecule has 2 unspecified atom stereocenters. The molecular weight excluding hydrogens is 618 g/mol. The Bertz CT molecular complexity index is 864. The van der Waals surface area contributed by atoms with E-state index in [2.05, 4.69) is 38.2 Å². The van der Waals surface area contributed by atoms with E-state index in [1.807, 2.05) is 21.1 Å². The number of carbonyl (C=O) groups is 3. The average Bonchev–Trinajstić information content (AvgIpc) is 3.05. The molecule has 0 aliphatic heterocycles. The zero-order valence-electron chi connectivity index (χ0n) is 32.4. The van der Waals surface area contributed by atoms with E-state index in [1.54, 1.807) is 0 Å². The maximum absolute atomic E-state index is 12.6. The largest absolute Gasteiger partial charge is 0.477 e. The number of quaternary nitrogens is 1. The molecule has 0 spiro atoms. The van der Waals surface area contributed by atoms with Crippen molar-refractivity contribution >= 4 is 17.9 Å². The standard InChI is InChI=1S/C41H75NO7/c1-6-8-10-12-14-16-17-18-19-20-21-22-23-24-26-27-29-31-39(43)48-36-37(35-47-34-33-38(41(45)46)42(3,4)5)49-40(44)32-30-28-25-15-13-11-9-7-2/h14,16,18-19,37-38H,6-13,15,17,20-36H2,1-5H3/p+1/b16-14+,19-18+. The lowest BCUT2D eigenvalue weighted by atomic mass is 10.1. The summed E-state index contributed by atoms with van der Waals surface area (Å²) in [6.45, 7) is 4.67. The van der Waals surface area contributed by atoms with Crippen LogP contribution in [0.5, 0.6) is 0 Å². The van der Waals surface area contributed by atoms with Crippen molar-refractivity contribution in [1.82, 2.24) is 0 Å². The first kappa shape index (κ1) is 46.8. The van der Waals surface area contributed by atoms with Crippen molar-refractivity contribution in [3.05, 3.63) is 24.3 Å². The van der Waals surface area contributed by atoms with E-state index >= 15 is 0 Å². The number of allylic oxidation sites excluding steroid dienone is 4. The van der Waals surface area contributed by atoms with Crippen LogP contribution in [-0.4, -0.2) is 80.6 Å². The van der Waals surface area contributed by atoms with Gasteiger partial charge in [-0.25, -0.2) is 4.79 Å². The van der Waals surface area contributed by atoms with Gasteiger partial charge in [-0.05, 0) is 44.9 Å². The normalized spacial score (nSPS) is 13.2. The van der Waals surface area contributed by atoms with E-state index < -0.39 is 18.1 Å². The summed E-state index contributed by atoms with van der Waals surface area (Å²) in [6.07, 6.45) is 33.6. The zero-order valence-corrected chi connectivity index (χ0v) is 32.4. The van der Waals surface area contributed by atoms with Crippen molar-refractivity contribution in [3.63, 3.8) is 0 Å². The van der Waals surface area contributed by atoms with Crippen LogP contribution in [0.1, 0.15) is 168 Å². The number of ether oxygens (including phenoxy) is 3. The summed E-state index contributed by atoms with van der Waals surface area (Å²) in [6, 6.07) is -0.611. The number of aliphatic carboxylic acids is 1. The molecule has 286 valence electrons. The molecule has 49 heavy (non-hydrogen) atoms. The van der Waals surface area contributed by atoms with E-state index in [9.17, 15) is 19.5 Å². The molecule has 0 heterocycles. The van der Waals surface area contributed by atoms with Crippen LogP contribution >= 0.6 is 0 Å². The van der Waals surface area contributed by atoms with Crippen molar-refractivity contribution in [3.8, 4) is 0 Å². The highest BCUT2D eigenvalue weighted by molar-refractivity contribution is 5.72. The van der Waals surface area contributed by atoms with Crippen LogP contribution in [-0.2, 0) is 28.6 Å². The lowest BCUT2D eigenvalue weighted by molar-refractivity contribution is -0.887. The molecule has 0 bridgehead atoms. The summed E-state index contributed by atoms with van der Waals surface area (Å²) < 4.78 is 17.2. The SMILES string of the molecule is CCCCC/C=C/C/C=C/CCCCCCCCCC(=O)OCC(COCCC(C(=O)O)[N+](C)(C)C)OC(=O)CCCCCCCCCC. The Morgan fingerprint density at radius 2 is 1.08 bits per heavy atom. The smallest absolute Gasteiger partial charge is 0.362 e. The average molecular weight is 695 g/mol. The molecule has 0 radical (unpaired) electrons. The third kappa shape index (κ3) is 31.5. The summed E-state index contributed by atoms with van der Waals surface area (Å²) in [5.41, 5.74) is 0. The first-order valence-corrected chi connectivity index (χ1v) is 19.9. The van der Waals surface area contributed by atoms with E-state index in [4.69, 9.17) is 14.2 Å². The molecular formula is C41H76NO7+. The summed E-state index contributed by atoms with van der Waals surface area (Å²) in [7, 11) is 5.51. The molecule has 0 rings (SSSR count). The second kappa shape index (κ2) is 33.0. The Kier molecular flexibility index (Phi) is 31.5. The number of esters is 2. The number of unbranched alkanes of at least 4 members (excludes halogenated alkanes) is 17. The van der Waals surface area contributed by atoms with Gasteiger partial charge in [0.1, 0.15) is 6.61 Å². The summed E-state index contributed by atoms with van der Waals surface area (Å²) in [4.78, 5) is 36.7. The minimum Gasteiger partial charge on any atom is -0.477 e. The van der Waals surface area contributed by atoms with Crippen LogP contribution < -0.4 is 0 Å². The fraction of sp³-hybridized carbons (Fsp3) is 0.829. The Balaban J connectivity index is 4.31. The Morgan fingerprint density at radius 1 is 0.612 bits per heavy atom. The Labute approximate surface area is 301 Å². The second-order valence-electron chi connectivity index (χ2n) is 14.5. The lowest BCUT2D eigenvalue weighted by Crippen LogP contribution is -2.50. The van der Waals surface area contributed by atoms with Crippen LogP contribution in [0, 0.1) is 0 Å². The first-order valence-electron chi connectivity index (χ1n) is 19.9. The van der Waals surface area contributed by atoms with Crippen LogP contribution in [0.3, 0.4) is 0 Å². The minimum absolute atomic E-state index is 0.0522. The predicted octanol–water partition coefficient (Wildman–Crippen LogP) is 10.1. The van der Waals surface area contributed by atoms with Gasteiger partial charge in [-0.3, -0.25) is 9.59 Å². The number of likely N-dealkylation sites (N-methyl/N-ethyl adjacent to an activating group) is 1. The fourth-order valence-corrected chi connectivity index (χ4v) is 5.71. The van der Waals surface area contributed by atoms with Crippen molar-refractivity contribution in [1.29, 1.82) is 0 Å². The molecule has 2 atom stereocenters. The maximum atomic E-state index is 12.6. The highest BCUT2D eigenvalue weighted by Crippen LogP contribution is 2.13. The number of hydrogen-bond donors (Lipinski definition) is 1. The summed E-state index contributed by atoms with van der Waals surface area (Å²) in [5, 5.41) is 9.57. The molecule has 8 heteroatoms. The van der Waals surface area contributed by atoms with Gasteiger partial charge in [0, 0.05) is 19.3 Å². The van der Waals surface area contributed by atoms with E-state index in [1.165, 1.54) is 83.5 Å². The van der Waals surface area contributed by atoms with Crippen molar-refractivity contribution in [2.75, 3.05) is 41.0 Å². The van der Waals surface area contributed by atoms with E-state index in [0.29, 0.717) is 19.3 Å². The Morgan fingerprint density at radius 3 is 1.61 bits per heavy atom. The first-order chi connectivity index (χ1) is 23.6. The highest BCUT2D eigenvalue weighted by atomic mass is 16.6. The third-order valence-corrected chi connectivity index (χ3v) is 8.85. The molecule has 0 fully saturated rings. The molecule has 0 aromatic rings. The number of nitrogens with zero attached hydrogens (tertiary/aromatic N) is 1. The van der Waals surface area contributed by atoms with Gasteiger partial charge in [0.25, 0.3) is 0 Å². The van der Waals surface area contributed by atoms with Crippen molar-refractivity contribution in [2.24, 2.45) is 0 Å². The van der Waals surface area contributed by atoms with Crippen LogP contribution in [0.2, 0.25) is 0 Å². The number of hydrogen-bond acceptors (Lipinski definition) is 6. The summed E-state index contributed by atoms with van der Waals surface area (Å²) >= 11 is 0. The van der Waals surface area contributed by atoms with Gasteiger partial charge in [0.05, 0.1) is 34.4 Å². The van der Waals surface area contributed by atoms with Crippen molar-refractivity contribution < 1.29 is 38.2 Å². The van der Waals surface area contributed by atoms with E-state index in [0.717, 1.165) is 51.4 Å². The van der Waals surface area contributed by atoms with Gasteiger partial charge in [-0.1, -0.05) is 128 Å². The second-order valence-corrected chi connectivity index (χ2v) is 14.5. The van der Waals surface area contributed by atoms with Gasteiger partial charge < -0.3 is 23.8 Å². The minimum atomic E-state index is -0.877. The molecule has 0 saturated carbocycles. The monoisotopic (exact) mass is 695 g/mol. The van der Waals surface area contributed by atoms with Crippen LogP contribution in [0.4, 0.5) is 0 Å². The van der Waals surface area contributed by atoms with Crippen LogP contribution in [0.15, 0.2) is 24.3 Å². The predicted molar refractivity (Wildman–Crippen MR) is 202 cm³/mol. The van der Waals surface area contributed by atoms with Gasteiger partial charge in [0.2, 0.25) is 0 Å². The fourth-order valence-electron chi connectivity index (χ4n) is 5.71.